The van der Waals surface area contributed by atoms with Crippen molar-refractivity contribution in [1.82, 2.24) is 5.06 Å². The molecule has 0 saturated heterocycles. The van der Waals surface area contributed by atoms with Crippen LogP contribution in [0.5, 0.6) is 0 Å². The van der Waals surface area contributed by atoms with Crippen molar-refractivity contribution in [2.75, 3.05) is 12.0 Å². The van der Waals surface area contributed by atoms with Crippen molar-refractivity contribution in [3.8, 4) is 0 Å². The van der Waals surface area contributed by atoms with Gasteiger partial charge in [0.25, 0.3) is 11.8 Å². The molecule has 0 unspecified atom stereocenters. The summed E-state index contributed by atoms with van der Waals surface area (Å²) in [5.41, 5.74) is 0.222. The molecule has 1 heterocycles. The first-order valence-electron chi connectivity index (χ1n) is 5.16. The van der Waals surface area contributed by atoms with Crippen LogP contribution in [-0.4, -0.2) is 43.3 Å². The van der Waals surface area contributed by atoms with Crippen molar-refractivity contribution in [3.63, 3.8) is 0 Å². The Kier molecular flexibility index (Phi) is 3.11. The summed E-state index contributed by atoms with van der Waals surface area (Å²) in [6, 6.07) is 5.96. The van der Waals surface area contributed by atoms with E-state index >= 15 is 0 Å². The van der Waals surface area contributed by atoms with E-state index in [0.29, 0.717) is 0 Å². The molecule has 0 radical (unpaired) electrons. The molecular formula is C11H9NO6S. The average molecular weight is 283 g/mol. The Morgan fingerprint density at radius 2 is 1.63 bits per heavy atom. The van der Waals surface area contributed by atoms with E-state index < -0.39 is 33.4 Å². The van der Waals surface area contributed by atoms with Crippen LogP contribution in [-0.2, 0) is 19.5 Å². The van der Waals surface area contributed by atoms with Crippen LogP contribution in [0.25, 0.3) is 0 Å². The second kappa shape index (κ2) is 4.47. The maximum absolute atomic E-state index is 11.8. The molecule has 8 heteroatoms. The van der Waals surface area contributed by atoms with E-state index in [1.54, 1.807) is 12.1 Å². The van der Waals surface area contributed by atoms with Crippen molar-refractivity contribution in [3.05, 3.63) is 35.4 Å². The molecule has 0 spiro atoms. The predicted molar refractivity (Wildman–Crippen MR) is 62.7 cm³/mol. The van der Waals surface area contributed by atoms with E-state index in [4.69, 9.17) is 0 Å². The lowest BCUT2D eigenvalue weighted by atomic mass is 10.1. The van der Waals surface area contributed by atoms with E-state index in [1.165, 1.54) is 12.1 Å². The minimum atomic E-state index is -3.59. The largest absolute Gasteiger partial charge is 0.348 e. The Hall–Kier alpha value is -2.22. The van der Waals surface area contributed by atoms with Gasteiger partial charge in [-0.2, -0.15) is 0 Å². The molecule has 0 fully saturated rings. The van der Waals surface area contributed by atoms with Gasteiger partial charge in [-0.1, -0.05) is 17.2 Å². The van der Waals surface area contributed by atoms with Crippen molar-refractivity contribution in [1.29, 1.82) is 0 Å². The van der Waals surface area contributed by atoms with Gasteiger partial charge in [-0.3, -0.25) is 9.59 Å². The van der Waals surface area contributed by atoms with Crippen molar-refractivity contribution < 1.29 is 27.6 Å². The second-order valence-corrected chi connectivity index (χ2v) is 6.12. The van der Waals surface area contributed by atoms with Crippen LogP contribution in [0.2, 0.25) is 0 Å². The van der Waals surface area contributed by atoms with Crippen molar-refractivity contribution >= 4 is 27.6 Å². The standard InChI is InChI=1S/C11H9NO6S/c1-19(16,17)6-9(13)18-12-10(14)7-4-2-3-5-8(7)11(12)15/h2-5H,6H2,1H3. The van der Waals surface area contributed by atoms with Gasteiger partial charge in [-0.15, -0.1) is 0 Å². The van der Waals surface area contributed by atoms with E-state index in [2.05, 4.69) is 4.84 Å². The van der Waals surface area contributed by atoms with Crippen LogP contribution in [0.4, 0.5) is 0 Å². The Labute approximate surface area is 108 Å². The van der Waals surface area contributed by atoms with Gasteiger partial charge < -0.3 is 4.84 Å². The highest BCUT2D eigenvalue weighted by Crippen LogP contribution is 2.22. The number of nitrogens with zero attached hydrogens (tertiary/aromatic N) is 1. The molecule has 2 amide bonds. The first-order valence-corrected chi connectivity index (χ1v) is 7.22. The summed E-state index contributed by atoms with van der Waals surface area (Å²) in [6.07, 6.45) is 0.844. The number of benzene rings is 1. The van der Waals surface area contributed by atoms with Crippen molar-refractivity contribution in [2.24, 2.45) is 0 Å². The van der Waals surface area contributed by atoms with Gasteiger partial charge in [0.15, 0.2) is 9.84 Å². The first-order chi connectivity index (χ1) is 8.79. The first kappa shape index (κ1) is 13.2. The lowest BCUT2D eigenvalue weighted by Gasteiger charge is -2.11. The highest BCUT2D eigenvalue weighted by molar-refractivity contribution is 7.91. The van der Waals surface area contributed by atoms with Crippen LogP contribution in [0, 0.1) is 0 Å². The highest BCUT2D eigenvalue weighted by Gasteiger charge is 2.38. The molecule has 1 aliphatic rings. The van der Waals surface area contributed by atoms with E-state index in [-0.39, 0.29) is 16.2 Å². The molecule has 0 atom stereocenters. The maximum Gasteiger partial charge on any atom is 0.348 e. The predicted octanol–water partition coefficient (Wildman–Crippen LogP) is -0.215. The highest BCUT2D eigenvalue weighted by atomic mass is 32.2. The number of hydrogen-bond acceptors (Lipinski definition) is 6. The van der Waals surface area contributed by atoms with E-state index in [0.717, 1.165) is 6.26 Å². The topological polar surface area (TPSA) is 97.8 Å². The molecule has 0 saturated carbocycles. The number of hydroxylamine groups is 2. The smallest absolute Gasteiger partial charge is 0.329 e. The molecular weight excluding hydrogens is 274 g/mol. The zero-order valence-corrected chi connectivity index (χ0v) is 10.6. The van der Waals surface area contributed by atoms with E-state index in [9.17, 15) is 22.8 Å². The third kappa shape index (κ3) is 2.63. The number of rotatable bonds is 3. The van der Waals surface area contributed by atoms with Crippen LogP contribution >= 0.6 is 0 Å². The Bertz CT molecular complexity index is 643. The molecule has 0 N–H and O–H groups in total. The molecule has 100 valence electrons. The number of carbonyl (C=O) groups excluding carboxylic acids is 3. The maximum atomic E-state index is 11.8. The number of hydrogen-bond donors (Lipinski definition) is 0. The van der Waals surface area contributed by atoms with Gasteiger partial charge >= 0.3 is 5.97 Å². The minimum Gasteiger partial charge on any atom is -0.329 e. The second-order valence-electron chi connectivity index (χ2n) is 3.98. The number of fused-ring (bicyclic) bond motifs is 1. The number of amides is 2. The zero-order chi connectivity index (χ0) is 14.2. The summed E-state index contributed by atoms with van der Waals surface area (Å²) in [5.74, 6) is -3.66. The normalized spacial score (nSPS) is 14.5. The SMILES string of the molecule is CS(=O)(=O)CC(=O)ON1C(=O)c2ccccc2C1=O. The number of imide groups is 1. The summed E-state index contributed by atoms with van der Waals surface area (Å²) in [5, 5.41) is 0.276. The van der Waals surface area contributed by atoms with Gasteiger partial charge in [0, 0.05) is 6.26 Å². The third-order valence-electron chi connectivity index (χ3n) is 2.33. The molecule has 7 nitrogen and oxygen atoms in total. The fraction of sp³-hybridized carbons (Fsp3) is 0.182. The number of carbonyl (C=O) groups is 3. The van der Waals surface area contributed by atoms with Crippen molar-refractivity contribution in [2.45, 2.75) is 0 Å². The Balaban J connectivity index is 2.19. The number of sulfone groups is 1. The molecule has 2 rings (SSSR count). The quantitative estimate of drug-likeness (QED) is 0.712. The lowest BCUT2D eigenvalue weighted by Crippen LogP contribution is -2.34. The van der Waals surface area contributed by atoms with Crippen LogP contribution in [0.1, 0.15) is 20.7 Å². The fourth-order valence-electron chi connectivity index (χ4n) is 1.59. The van der Waals surface area contributed by atoms with Crippen LogP contribution in [0.15, 0.2) is 24.3 Å². The molecule has 19 heavy (non-hydrogen) atoms. The molecule has 0 bridgehead atoms. The summed E-state index contributed by atoms with van der Waals surface area (Å²) in [4.78, 5) is 39.4. The van der Waals surface area contributed by atoms with E-state index in [1.807, 2.05) is 0 Å². The minimum absolute atomic E-state index is 0.111. The molecule has 1 aromatic rings. The summed E-state index contributed by atoms with van der Waals surface area (Å²) < 4.78 is 21.8. The van der Waals surface area contributed by atoms with Crippen LogP contribution < -0.4 is 0 Å². The molecule has 1 aromatic carbocycles. The average Bonchev–Trinajstić information content (AvgIpc) is 2.53. The molecule has 0 aromatic heterocycles. The fourth-order valence-corrected chi connectivity index (χ4v) is 2.07. The van der Waals surface area contributed by atoms with Crippen LogP contribution in [0.3, 0.4) is 0 Å². The van der Waals surface area contributed by atoms with Gasteiger partial charge in [-0.05, 0) is 12.1 Å². The van der Waals surface area contributed by atoms with Gasteiger partial charge in [-0.25, -0.2) is 13.2 Å². The summed E-state index contributed by atoms with van der Waals surface area (Å²) in [7, 11) is -3.59. The Morgan fingerprint density at radius 3 is 2.05 bits per heavy atom. The molecule has 1 aliphatic heterocycles. The monoisotopic (exact) mass is 283 g/mol. The Morgan fingerprint density at radius 1 is 1.16 bits per heavy atom. The lowest BCUT2D eigenvalue weighted by molar-refractivity contribution is -0.165. The summed E-state index contributed by atoms with van der Waals surface area (Å²) >= 11 is 0. The third-order valence-corrected chi connectivity index (χ3v) is 3.09. The van der Waals surface area contributed by atoms with Gasteiger partial charge in [0.1, 0.15) is 5.75 Å². The van der Waals surface area contributed by atoms with Gasteiger partial charge in [0.05, 0.1) is 11.1 Å². The summed E-state index contributed by atoms with van der Waals surface area (Å²) in [6.45, 7) is 0. The van der Waals surface area contributed by atoms with Gasteiger partial charge in [0.2, 0.25) is 0 Å². The molecule has 0 aliphatic carbocycles. The zero-order valence-electron chi connectivity index (χ0n) is 9.82.